The van der Waals surface area contributed by atoms with Crippen molar-refractivity contribution < 1.29 is 18.3 Å². The lowest BCUT2D eigenvalue weighted by molar-refractivity contribution is 0.0984. The summed E-state index contributed by atoms with van der Waals surface area (Å²) in [6.07, 6.45) is 2.44. The van der Waals surface area contributed by atoms with E-state index in [0.29, 0.717) is 35.2 Å². The van der Waals surface area contributed by atoms with Crippen LogP contribution in [0.4, 0.5) is 0 Å². The van der Waals surface area contributed by atoms with Crippen molar-refractivity contribution in [1.82, 2.24) is 9.29 Å². The highest BCUT2D eigenvalue weighted by molar-refractivity contribution is 7.89. The average molecular weight is 413 g/mol. The van der Waals surface area contributed by atoms with E-state index in [1.807, 2.05) is 6.92 Å². The van der Waals surface area contributed by atoms with Crippen LogP contribution >= 0.6 is 0 Å². The van der Waals surface area contributed by atoms with Gasteiger partial charge in [-0.1, -0.05) is 18.2 Å². The number of hydrogen-bond acceptors (Lipinski definition) is 5. The number of aryl methyl sites for hydroxylation is 2. The van der Waals surface area contributed by atoms with Crippen LogP contribution < -0.4 is 4.72 Å². The third-order valence-electron chi connectivity index (χ3n) is 5.25. The summed E-state index contributed by atoms with van der Waals surface area (Å²) < 4.78 is 29.6. The minimum absolute atomic E-state index is 0.0590. The Hall–Kier alpha value is -2.73. The smallest absolute Gasteiger partial charge is 0.242 e. The first-order chi connectivity index (χ1) is 13.7. The summed E-state index contributed by atoms with van der Waals surface area (Å²) in [4.78, 5) is 13.1. The molecule has 2 atom stereocenters. The lowest BCUT2D eigenvalue weighted by Gasteiger charge is -2.19. The molecule has 2 aromatic rings. The van der Waals surface area contributed by atoms with Gasteiger partial charge >= 0.3 is 0 Å². The number of benzene rings is 1. The third kappa shape index (κ3) is 4.03. The van der Waals surface area contributed by atoms with Gasteiger partial charge in [0.2, 0.25) is 10.0 Å². The van der Waals surface area contributed by atoms with Crippen molar-refractivity contribution in [2.24, 2.45) is 7.05 Å². The maximum Gasteiger partial charge on any atom is 0.242 e. The molecule has 8 heteroatoms. The number of fused-ring (bicyclic) bond motifs is 1. The zero-order valence-electron chi connectivity index (χ0n) is 16.3. The summed E-state index contributed by atoms with van der Waals surface area (Å²) in [6, 6.07) is 6.68. The van der Waals surface area contributed by atoms with Gasteiger partial charge in [0.05, 0.1) is 29.5 Å². The molecule has 0 aliphatic carbocycles. The van der Waals surface area contributed by atoms with Crippen LogP contribution in [0, 0.1) is 18.3 Å². The summed E-state index contributed by atoms with van der Waals surface area (Å²) >= 11 is 0. The molecular formula is C21H23N3O4S. The van der Waals surface area contributed by atoms with E-state index in [1.165, 1.54) is 16.8 Å². The van der Waals surface area contributed by atoms with Gasteiger partial charge in [-0.05, 0) is 37.0 Å². The van der Waals surface area contributed by atoms with Gasteiger partial charge in [-0.15, -0.1) is 6.58 Å². The van der Waals surface area contributed by atoms with Crippen LogP contribution in [-0.4, -0.2) is 36.0 Å². The molecule has 0 amide bonds. The van der Waals surface area contributed by atoms with E-state index < -0.39 is 22.2 Å². The summed E-state index contributed by atoms with van der Waals surface area (Å²) in [7, 11) is -2.24. The Morgan fingerprint density at radius 2 is 2.24 bits per heavy atom. The second-order valence-corrected chi connectivity index (χ2v) is 8.97. The zero-order valence-corrected chi connectivity index (χ0v) is 17.2. The molecule has 0 unspecified atom stereocenters. The number of Topliss-reactive ketones (excluding diaryl/α,β-unsaturated/α-hetero) is 1. The molecule has 1 aromatic carbocycles. The molecule has 0 spiro atoms. The maximum atomic E-state index is 13.1. The van der Waals surface area contributed by atoms with Gasteiger partial charge in [-0.3, -0.25) is 4.79 Å². The molecule has 0 saturated heterocycles. The Balaban J connectivity index is 1.97. The zero-order chi connectivity index (χ0) is 21.3. The number of hydrogen-bond donors (Lipinski definition) is 2. The second kappa shape index (κ2) is 7.95. The number of nitriles is 1. The predicted molar refractivity (Wildman–Crippen MR) is 108 cm³/mol. The van der Waals surface area contributed by atoms with Gasteiger partial charge in [0.1, 0.15) is 4.90 Å². The van der Waals surface area contributed by atoms with E-state index in [4.69, 9.17) is 0 Å². The predicted octanol–water partition coefficient (Wildman–Crippen LogP) is 1.77. The van der Waals surface area contributed by atoms with Crippen molar-refractivity contribution in [2.75, 3.05) is 0 Å². The van der Waals surface area contributed by atoms with Crippen molar-refractivity contribution >= 4 is 15.8 Å². The second-order valence-electron chi connectivity index (χ2n) is 7.29. The monoisotopic (exact) mass is 413 g/mol. The molecule has 3 rings (SSSR count). The van der Waals surface area contributed by atoms with Crippen molar-refractivity contribution in [3.8, 4) is 6.07 Å². The molecule has 1 aliphatic rings. The lowest BCUT2D eigenvalue weighted by atomic mass is 9.97. The van der Waals surface area contributed by atoms with E-state index in [9.17, 15) is 23.6 Å². The number of rotatable bonds is 5. The molecule has 152 valence electrons. The molecular weight excluding hydrogens is 390 g/mol. The van der Waals surface area contributed by atoms with Gasteiger partial charge in [0.15, 0.2) is 5.78 Å². The fourth-order valence-electron chi connectivity index (χ4n) is 3.68. The van der Waals surface area contributed by atoms with Gasteiger partial charge in [0, 0.05) is 25.2 Å². The molecule has 29 heavy (non-hydrogen) atoms. The molecule has 0 saturated carbocycles. The van der Waals surface area contributed by atoms with Gasteiger partial charge < -0.3 is 9.67 Å². The SMILES string of the molecule is C=C[C@@H](O)[C@@H]1CCc2c(cn(C)c2C(=O)Cc2ccc(C)c(C#N)c2)S(=O)(=O)N1. The van der Waals surface area contributed by atoms with Gasteiger partial charge in [0.25, 0.3) is 0 Å². The highest BCUT2D eigenvalue weighted by Crippen LogP contribution is 2.29. The van der Waals surface area contributed by atoms with Crippen LogP contribution in [0.25, 0.3) is 0 Å². The first-order valence-electron chi connectivity index (χ1n) is 9.22. The lowest BCUT2D eigenvalue weighted by Crippen LogP contribution is -2.41. The van der Waals surface area contributed by atoms with E-state index in [-0.39, 0.29) is 17.1 Å². The van der Waals surface area contributed by atoms with Crippen molar-refractivity contribution in [3.63, 3.8) is 0 Å². The van der Waals surface area contributed by atoms with Gasteiger partial charge in [-0.2, -0.15) is 5.26 Å². The molecule has 1 aromatic heterocycles. The summed E-state index contributed by atoms with van der Waals surface area (Å²) in [5.74, 6) is -0.223. The number of carbonyl (C=O) groups is 1. The number of ketones is 1. The quantitative estimate of drug-likeness (QED) is 0.573. The Labute approximate surface area is 170 Å². The first kappa shape index (κ1) is 21.0. The molecule has 0 fully saturated rings. The molecule has 1 aliphatic heterocycles. The van der Waals surface area contributed by atoms with Crippen LogP contribution in [-0.2, 0) is 29.9 Å². The topological polar surface area (TPSA) is 112 Å². The third-order valence-corrected chi connectivity index (χ3v) is 6.80. The van der Waals surface area contributed by atoms with Crippen molar-refractivity contribution in [1.29, 1.82) is 5.26 Å². The normalized spacial score (nSPS) is 18.9. The van der Waals surface area contributed by atoms with Crippen LogP contribution in [0.5, 0.6) is 0 Å². The molecule has 2 N–H and O–H groups in total. The number of aliphatic hydroxyl groups excluding tert-OH is 1. The largest absolute Gasteiger partial charge is 0.387 e. The standard InChI is InChI=1S/C21H23N3O4S/c1-4-18(25)17-8-7-16-20(29(27,28)23-17)12-24(3)21(16)19(26)10-14-6-5-13(2)15(9-14)11-22/h4-6,9,12,17-18,23,25H,1,7-8,10H2,2-3H3/t17-,18+/m0/s1. The Morgan fingerprint density at radius 3 is 2.90 bits per heavy atom. The number of nitrogens with zero attached hydrogens (tertiary/aromatic N) is 2. The Morgan fingerprint density at radius 1 is 1.52 bits per heavy atom. The fraction of sp³-hybridized carbons (Fsp3) is 0.333. The van der Waals surface area contributed by atoms with Crippen molar-refractivity contribution in [3.05, 3.63) is 65.0 Å². The average Bonchev–Trinajstić information content (AvgIpc) is 2.96. The van der Waals surface area contributed by atoms with E-state index in [0.717, 1.165) is 5.56 Å². The minimum atomic E-state index is -3.88. The van der Waals surface area contributed by atoms with Crippen LogP contribution in [0.2, 0.25) is 0 Å². The van der Waals surface area contributed by atoms with E-state index >= 15 is 0 Å². The highest BCUT2D eigenvalue weighted by atomic mass is 32.2. The first-order valence-corrected chi connectivity index (χ1v) is 10.7. The molecule has 0 radical (unpaired) electrons. The number of nitrogens with one attached hydrogen (secondary N) is 1. The Kier molecular flexibility index (Phi) is 5.75. The summed E-state index contributed by atoms with van der Waals surface area (Å²) in [5.41, 5.74) is 2.82. The minimum Gasteiger partial charge on any atom is -0.387 e. The van der Waals surface area contributed by atoms with Crippen molar-refractivity contribution in [2.45, 2.75) is 43.2 Å². The van der Waals surface area contributed by atoms with Crippen LogP contribution in [0.3, 0.4) is 0 Å². The number of aliphatic hydroxyl groups is 1. The van der Waals surface area contributed by atoms with Crippen LogP contribution in [0.15, 0.2) is 41.9 Å². The van der Waals surface area contributed by atoms with E-state index in [2.05, 4.69) is 17.4 Å². The maximum absolute atomic E-state index is 13.1. The number of aromatic nitrogens is 1. The molecule has 0 bridgehead atoms. The number of carbonyl (C=O) groups excluding carboxylic acids is 1. The summed E-state index contributed by atoms with van der Waals surface area (Å²) in [6.45, 7) is 5.34. The Bertz CT molecular complexity index is 1130. The molecule has 2 heterocycles. The molecule has 7 nitrogen and oxygen atoms in total. The van der Waals surface area contributed by atoms with Crippen LogP contribution in [0.1, 0.15) is 39.2 Å². The highest BCUT2D eigenvalue weighted by Gasteiger charge is 2.34. The van der Waals surface area contributed by atoms with E-state index in [1.54, 1.807) is 25.2 Å². The number of sulfonamides is 1. The fourth-order valence-corrected chi connectivity index (χ4v) is 5.28. The van der Waals surface area contributed by atoms with Gasteiger partial charge in [-0.25, -0.2) is 13.1 Å². The summed E-state index contributed by atoms with van der Waals surface area (Å²) in [5, 5.41) is 19.2.